The molecule has 0 amide bonds. The Morgan fingerprint density at radius 3 is 2.79 bits per heavy atom. The smallest absolute Gasteiger partial charge is 0.0599 e. The lowest BCUT2D eigenvalue weighted by Crippen LogP contribution is -2.38. The van der Waals surface area contributed by atoms with Crippen LogP contribution in [0.2, 0.25) is 0 Å². The third-order valence-corrected chi connectivity index (χ3v) is 5.20. The number of thiophene rings is 1. The molecule has 1 unspecified atom stereocenters. The van der Waals surface area contributed by atoms with Crippen molar-refractivity contribution >= 4 is 11.3 Å². The van der Waals surface area contributed by atoms with Crippen LogP contribution in [0.25, 0.3) is 0 Å². The number of aryl methyl sites for hydroxylation is 1. The van der Waals surface area contributed by atoms with Gasteiger partial charge < -0.3 is 10.5 Å². The van der Waals surface area contributed by atoms with E-state index in [1.165, 1.54) is 10.4 Å². The second-order valence-electron chi connectivity index (χ2n) is 5.39. The van der Waals surface area contributed by atoms with Crippen LogP contribution < -0.4 is 5.73 Å². The average Bonchev–Trinajstić information content (AvgIpc) is 2.85. The lowest BCUT2D eigenvalue weighted by Gasteiger charge is -2.35. The van der Waals surface area contributed by atoms with Gasteiger partial charge >= 0.3 is 0 Å². The highest BCUT2D eigenvalue weighted by Gasteiger charge is 2.25. The van der Waals surface area contributed by atoms with E-state index in [1.54, 1.807) is 0 Å². The van der Waals surface area contributed by atoms with Crippen molar-refractivity contribution < 1.29 is 4.74 Å². The molecule has 0 aliphatic carbocycles. The molecule has 3 nitrogen and oxygen atoms in total. The van der Waals surface area contributed by atoms with Crippen molar-refractivity contribution in [3.8, 4) is 0 Å². The van der Waals surface area contributed by atoms with Gasteiger partial charge in [-0.25, -0.2) is 0 Å². The molecule has 2 heterocycles. The monoisotopic (exact) mass is 282 g/mol. The van der Waals surface area contributed by atoms with Crippen LogP contribution in [0.1, 0.15) is 42.7 Å². The summed E-state index contributed by atoms with van der Waals surface area (Å²) >= 11 is 1.88. The fourth-order valence-electron chi connectivity index (χ4n) is 2.74. The highest BCUT2D eigenvalue weighted by Crippen LogP contribution is 2.30. The van der Waals surface area contributed by atoms with Crippen LogP contribution in [0, 0.1) is 6.92 Å². The maximum absolute atomic E-state index is 5.86. The number of hydrogen-bond acceptors (Lipinski definition) is 4. The Hall–Kier alpha value is -0.420. The van der Waals surface area contributed by atoms with E-state index < -0.39 is 0 Å². The van der Waals surface area contributed by atoms with E-state index in [0.29, 0.717) is 12.1 Å². The Bertz CT molecular complexity index is 372. The summed E-state index contributed by atoms with van der Waals surface area (Å²) in [5.41, 5.74) is 6.92. The first-order valence-electron chi connectivity index (χ1n) is 7.32. The summed E-state index contributed by atoms with van der Waals surface area (Å²) in [6, 6.07) is 2.77. The number of rotatable bonds is 6. The molecule has 4 heteroatoms. The van der Waals surface area contributed by atoms with Gasteiger partial charge in [0, 0.05) is 30.6 Å². The molecule has 19 heavy (non-hydrogen) atoms. The van der Waals surface area contributed by atoms with Crippen LogP contribution in [0.5, 0.6) is 0 Å². The molecule has 0 saturated carbocycles. The number of piperidine rings is 1. The first-order valence-corrected chi connectivity index (χ1v) is 8.20. The van der Waals surface area contributed by atoms with Crippen molar-refractivity contribution in [3.63, 3.8) is 0 Å². The minimum atomic E-state index is 0.444. The normalized spacial score (nSPS) is 19.7. The molecular weight excluding hydrogens is 256 g/mol. The van der Waals surface area contributed by atoms with E-state index in [2.05, 4.69) is 30.2 Å². The molecule has 1 aliphatic heterocycles. The summed E-state index contributed by atoms with van der Waals surface area (Å²) in [4.78, 5) is 4.10. The molecule has 2 rings (SSSR count). The highest BCUT2D eigenvalue weighted by molar-refractivity contribution is 7.10. The minimum absolute atomic E-state index is 0.444. The van der Waals surface area contributed by atoms with Gasteiger partial charge in [0.15, 0.2) is 0 Å². The van der Waals surface area contributed by atoms with Crippen LogP contribution in [-0.2, 0) is 4.74 Å². The van der Waals surface area contributed by atoms with Gasteiger partial charge in [0.2, 0.25) is 0 Å². The molecule has 108 valence electrons. The number of likely N-dealkylation sites (tertiary alicyclic amines) is 1. The third-order valence-electron chi connectivity index (χ3n) is 4.01. The fraction of sp³-hybridized carbons (Fsp3) is 0.733. The van der Waals surface area contributed by atoms with Gasteiger partial charge in [0.05, 0.1) is 6.10 Å². The Morgan fingerprint density at radius 2 is 2.21 bits per heavy atom. The standard InChI is InChI=1S/C15H26N2OS/c1-12-6-11-19-15(12)13(2)17-8-4-14(5-9-17)18-10-3-7-16/h6,11,13-14H,3-5,7-10,16H2,1-2H3. The molecule has 0 radical (unpaired) electrons. The van der Waals surface area contributed by atoms with Gasteiger partial charge in [-0.15, -0.1) is 11.3 Å². The predicted molar refractivity (Wildman–Crippen MR) is 81.7 cm³/mol. The van der Waals surface area contributed by atoms with E-state index >= 15 is 0 Å². The molecule has 1 aromatic rings. The Morgan fingerprint density at radius 1 is 1.47 bits per heavy atom. The SMILES string of the molecule is Cc1ccsc1C(C)N1CCC(OCCCN)CC1. The summed E-state index contributed by atoms with van der Waals surface area (Å²) < 4.78 is 5.86. The second kappa shape index (κ2) is 7.39. The van der Waals surface area contributed by atoms with Crippen LogP contribution in [0.3, 0.4) is 0 Å². The van der Waals surface area contributed by atoms with E-state index in [4.69, 9.17) is 10.5 Å². The van der Waals surface area contributed by atoms with Crippen molar-refractivity contribution in [2.24, 2.45) is 5.73 Å². The summed E-state index contributed by atoms with van der Waals surface area (Å²) in [7, 11) is 0. The summed E-state index contributed by atoms with van der Waals surface area (Å²) in [5.74, 6) is 0. The molecule has 1 saturated heterocycles. The van der Waals surface area contributed by atoms with Crippen LogP contribution in [-0.4, -0.2) is 37.2 Å². The largest absolute Gasteiger partial charge is 0.378 e. The van der Waals surface area contributed by atoms with Crippen LogP contribution in [0.15, 0.2) is 11.4 Å². The molecule has 0 aromatic carbocycles. The van der Waals surface area contributed by atoms with Crippen molar-refractivity contribution in [1.29, 1.82) is 0 Å². The van der Waals surface area contributed by atoms with Gasteiger partial charge in [-0.3, -0.25) is 4.90 Å². The van der Waals surface area contributed by atoms with E-state index in [9.17, 15) is 0 Å². The van der Waals surface area contributed by atoms with Crippen LogP contribution in [0.4, 0.5) is 0 Å². The maximum atomic E-state index is 5.86. The Labute approximate surface area is 120 Å². The van der Waals surface area contributed by atoms with Crippen molar-refractivity contribution in [1.82, 2.24) is 4.90 Å². The molecule has 0 spiro atoms. The predicted octanol–water partition coefficient (Wildman–Crippen LogP) is 2.95. The first-order chi connectivity index (χ1) is 9.22. The molecule has 2 N–H and O–H groups in total. The number of ether oxygens (including phenoxy) is 1. The van der Waals surface area contributed by atoms with Gasteiger partial charge in [-0.05, 0) is 56.7 Å². The van der Waals surface area contributed by atoms with Crippen molar-refractivity contribution in [2.45, 2.75) is 45.3 Å². The summed E-state index contributed by atoms with van der Waals surface area (Å²) in [5, 5.41) is 2.20. The Kier molecular flexibility index (Phi) is 5.82. The maximum Gasteiger partial charge on any atom is 0.0599 e. The van der Waals surface area contributed by atoms with Gasteiger partial charge in [0.25, 0.3) is 0 Å². The third kappa shape index (κ3) is 4.02. The topological polar surface area (TPSA) is 38.5 Å². The van der Waals surface area contributed by atoms with Gasteiger partial charge in [-0.2, -0.15) is 0 Å². The van der Waals surface area contributed by atoms with E-state index in [-0.39, 0.29) is 0 Å². The number of nitrogens with two attached hydrogens (primary N) is 1. The summed E-state index contributed by atoms with van der Waals surface area (Å²) in [6.45, 7) is 8.38. The van der Waals surface area contributed by atoms with Crippen molar-refractivity contribution in [2.75, 3.05) is 26.2 Å². The first kappa shape index (κ1) is 15.0. The zero-order valence-corrected chi connectivity index (χ0v) is 12.9. The average molecular weight is 282 g/mol. The quantitative estimate of drug-likeness (QED) is 0.815. The minimum Gasteiger partial charge on any atom is -0.378 e. The lowest BCUT2D eigenvalue weighted by atomic mass is 10.0. The van der Waals surface area contributed by atoms with Crippen LogP contribution >= 0.6 is 11.3 Å². The zero-order chi connectivity index (χ0) is 13.7. The van der Waals surface area contributed by atoms with E-state index in [0.717, 1.165) is 45.5 Å². The van der Waals surface area contributed by atoms with Gasteiger partial charge in [-0.1, -0.05) is 0 Å². The molecule has 1 fully saturated rings. The highest BCUT2D eigenvalue weighted by atomic mass is 32.1. The second-order valence-corrected chi connectivity index (χ2v) is 6.34. The number of hydrogen-bond donors (Lipinski definition) is 1. The molecular formula is C15H26N2OS. The molecule has 0 bridgehead atoms. The van der Waals surface area contributed by atoms with Gasteiger partial charge in [0.1, 0.15) is 0 Å². The van der Waals surface area contributed by atoms with E-state index in [1.807, 2.05) is 11.3 Å². The molecule has 1 aromatic heterocycles. The number of nitrogens with zero attached hydrogens (tertiary/aromatic N) is 1. The zero-order valence-electron chi connectivity index (χ0n) is 12.1. The Balaban J connectivity index is 1.78. The van der Waals surface area contributed by atoms with Crippen molar-refractivity contribution in [3.05, 3.63) is 21.9 Å². The molecule has 1 atom stereocenters. The molecule has 1 aliphatic rings. The lowest BCUT2D eigenvalue weighted by molar-refractivity contribution is -0.000475. The fourth-order valence-corrected chi connectivity index (χ4v) is 3.76. The summed E-state index contributed by atoms with van der Waals surface area (Å²) in [6.07, 6.45) is 3.73.